The lowest BCUT2D eigenvalue weighted by Crippen LogP contribution is -2.34. The first-order valence-corrected chi connectivity index (χ1v) is 6.93. The van der Waals surface area contributed by atoms with Gasteiger partial charge in [0.25, 0.3) is 0 Å². The number of halogens is 1. The molecular weight excluding hydrogens is 280 g/mol. The Bertz CT molecular complexity index is 356. The molecule has 1 aromatic heterocycles. The quantitative estimate of drug-likeness (QED) is 0.876. The molecule has 96 valence electrons. The second kappa shape index (κ2) is 6.79. The molecule has 0 bridgehead atoms. The molecule has 0 radical (unpaired) electrons. The summed E-state index contributed by atoms with van der Waals surface area (Å²) in [6.07, 6.45) is 4.93. The molecule has 1 atom stereocenters. The first-order chi connectivity index (χ1) is 8.11. The van der Waals surface area contributed by atoms with E-state index < -0.39 is 0 Å². The predicted molar refractivity (Wildman–Crippen MR) is 76.2 cm³/mol. The molecule has 1 rings (SSSR count). The van der Waals surface area contributed by atoms with E-state index in [-0.39, 0.29) is 0 Å². The fourth-order valence-electron chi connectivity index (χ4n) is 1.66. The Balaban J connectivity index is 2.99. The molecule has 0 fully saturated rings. The van der Waals surface area contributed by atoms with Gasteiger partial charge in [0.15, 0.2) is 0 Å². The van der Waals surface area contributed by atoms with Gasteiger partial charge in [0.05, 0.1) is 0 Å². The molecule has 1 unspecified atom stereocenters. The van der Waals surface area contributed by atoms with Gasteiger partial charge >= 0.3 is 0 Å². The zero-order chi connectivity index (χ0) is 12.8. The maximum atomic E-state index is 5.80. The summed E-state index contributed by atoms with van der Waals surface area (Å²) in [6, 6.07) is 0.451. The molecule has 0 aliphatic heterocycles. The third-order valence-electron chi connectivity index (χ3n) is 2.95. The van der Waals surface area contributed by atoms with E-state index in [2.05, 4.69) is 51.6 Å². The Morgan fingerprint density at radius 1 is 1.41 bits per heavy atom. The zero-order valence-electron chi connectivity index (χ0n) is 10.8. The lowest BCUT2D eigenvalue weighted by Gasteiger charge is -2.30. The second-order valence-corrected chi connectivity index (χ2v) is 4.99. The van der Waals surface area contributed by atoms with Crippen molar-refractivity contribution in [2.75, 3.05) is 17.2 Å². The van der Waals surface area contributed by atoms with E-state index >= 15 is 0 Å². The fourth-order valence-corrected chi connectivity index (χ4v) is 2.09. The van der Waals surface area contributed by atoms with Gasteiger partial charge in [-0.3, -0.25) is 0 Å². The summed E-state index contributed by atoms with van der Waals surface area (Å²) in [5, 5.41) is 0. The number of nitrogens with two attached hydrogens (primary N) is 1. The van der Waals surface area contributed by atoms with Crippen LogP contribution < -0.4 is 10.6 Å². The van der Waals surface area contributed by atoms with Crippen molar-refractivity contribution in [1.29, 1.82) is 0 Å². The third kappa shape index (κ3) is 3.56. The van der Waals surface area contributed by atoms with E-state index in [1.165, 1.54) is 12.7 Å². The second-order valence-electron chi connectivity index (χ2n) is 4.20. The number of nitrogens with zero attached hydrogens (tertiary/aromatic N) is 3. The Morgan fingerprint density at radius 3 is 2.71 bits per heavy atom. The minimum Gasteiger partial charge on any atom is -0.383 e. The molecule has 17 heavy (non-hydrogen) atoms. The number of nitrogen functional groups attached to an aromatic ring is 1. The maximum absolute atomic E-state index is 5.80. The summed E-state index contributed by atoms with van der Waals surface area (Å²) < 4.78 is 0.802. The van der Waals surface area contributed by atoms with Crippen molar-refractivity contribution in [1.82, 2.24) is 9.97 Å². The van der Waals surface area contributed by atoms with Crippen LogP contribution in [0, 0.1) is 0 Å². The topological polar surface area (TPSA) is 55.0 Å². The van der Waals surface area contributed by atoms with Crippen LogP contribution in [-0.4, -0.2) is 22.6 Å². The van der Waals surface area contributed by atoms with Crippen LogP contribution in [0.1, 0.15) is 40.0 Å². The highest BCUT2D eigenvalue weighted by atomic mass is 79.9. The molecule has 1 aromatic rings. The summed E-state index contributed by atoms with van der Waals surface area (Å²) in [4.78, 5) is 10.6. The van der Waals surface area contributed by atoms with E-state index in [4.69, 9.17) is 5.73 Å². The molecular formula is C12H21BrN4. The van der Waals surface area contributed by atoms with Crippen molar-refractivity contribution in [2.45, 2.75) is 46.1 Å². The van der Waals surface area contributed by atoms with Crippen LogP contribution in [0.2, 0.25) is 0 Å². The average molecular weight is 301 g/mol. The van der Waals surface area contributed by atoms with Crippen LogP contribution in [0.5, 0.6) is 0 Å². The van der Waals surface area contributed by atoms with Crippen LogP contribution in [0.15, 0.2) is 10.8 Å². The highest BCUT2D eigenvalue weighted by Crippen LogP contribution is 2.29. The average Bonchev–Trinajstić information content (AvgIpc) is 2.34. The van der Waals surface area contributed by atoms with Gasteiger partial charge in [0.1, 0.15) is 22.4 Å². The summed E-state index contributed by atoms with van der Waals surface area (Å²) in [7, 11) is 0. The number of anilines is 2. The van der Waals surface area contributed by atoms with Crippen LogP contribution >= 0.6 is 15.9 Å². The number of hydrogen-bond donors (Lipinski definition) is 1. The molecule has 0 aliphatic rings. The van der Waals surface area contributed by atoms with Crippen molar-refractivity contribution in [3.63, 3.8) is 0 Å². The normalized spacial score (nSPS) is 12.5. The SMILES string of the molecule is CCCCN(c1ncnc(N)c1Br)C(C)CC. The predicted octanol–water partition coefficient (Wildman–Crippen LogP) is 3.23. The first kappa shape index (κ1) is 14.2. The highest BCUT2D eigenvalue weighted by Gasteiger charge is 2.18. The smallest absolute Gasteiger partial charge is 0.148 e. The zero-order valence-corrected chi connectivity index (χ0v) is 12.4. The van der Waals surface area contributed by atoms with Gasteiger partial charge in [0, 0.05) is 12.6 Å². The van der Waals surface area contributed by atoms with E-state index in [1.54, 1.807) is 0 Å². The minimum atomic E-state index is 0.451. The Labute approximate surface area is 112 Å². The molecule has 0 amide bonds. The van der Waals surface area contributed by atoms with Crippen molar-refractivity contribution < 1.29 is 0 Å². The van der Waals surface area contributed by atoms with Crippen LogP contribution in [0.4, 0.5) is 11.6 Å². The summed E-state index contributed by atoms with van der Waals surface area (Å²) in [5.41, 5.74) is 5.80. The van der Waals surface area contributed by atoms with Gasteiger partial charge in [-0.1, -0.05) is 20.3 Å². The number of aromatic nitrogens is 2. The summed E-state index contributed by atoms with van der Waals surface area (Å²) in [6.45, 7) is 7.58. The van der Waals surface area contributed by atoms with Crippen LogP contribution in [0.25, 0.3) is 0 Å². The van der Waals surface area contributed by atoms with Crippen molar-refractivity contribution in [2.24, 2.45) is 0 Å². The van der Waals surface area contributed by atoms with Gasteiger partial charge < -0.3 is 10.6 Å². The van der Waals surface area contributed by atoms with Gasteiger partial charge in [-0.25, -0.2) is 9.97 Å². The maximum Gasteiger partial charge on any atom is 0.148 e. The van der Waals surface area contributed by atoms with Crippen LogP contribution in [-0.2, 0) is 0 Å². The molecule has 0 aliphatic carbocycles. The number of rotatable bonds is 6. The standard InChI is InChI=1S/C12H21BrN4/c1-4-6-7-17(9(3)5-2)12-10(13)11(14)15-8-16-12/h8-9H,4-7H2,1-3H3,(H2,14,15,16). The largest absolute Gasteiger partial charge is 0.383 e. The first-order valence-electron chi connectivity index (χ1n) is 6.14. The monoisotopic (exact) mass is 300 g/mol. The summed E-state index contributed by atoms with van der Waals surface area (Å²) >= 11 is 3.48. The number of unbranched alkanes of at least 4 members (excludes halogenated alkanes) is 1. The highest BCUT2D eigenvalue weighted by molar-refractivity contribution is 9.10. The molecule has 0 spiro atoms. The molecule has 2 N–H and O–H groups in total. The molecule has 1 heterocycles. The van der Waals surface area contributed by atoms with E-state index in [0.717, 1.165) is 29.7 Å². The lowest BCUT2D eigenvalue weighted by molar-refractivity contribution is 0.588. The van der Waals surface area contributed by atoms with Crippen molar-refractivity contribution in [3.05, 3.63) is 10.8 Å². The summed E-state index contributed by atoms with van der Waals surface area (Å²) in [5.74, 6) is 1.40. The third-order valence-corrected chi connectivity index (χ3v) is 3.71. The van der Waals surface area contributed by atoms with Crippen LogP contribution in [0.3, 0.4) is 0 Å². The van der Waals surface area contributed by atoms with Gasteiger partial charge in [-0.05, 0) is 35.7 Å². The Kier molecular flexibility index (Phi) is 5.68. The van der Waals surface area contributed by atoms with E-state index in [9.17, 15) is 0 Å². The van der Waals surface area contributed by atoms with Crippen molar-refractivity contribution in [3.8, 4) is 0 Å². The van der Waals surface area contributed by atoms with Gasteiger partial charge in [-0.15, -0.1) is 0 Å². The molecule has 4 nitrogen and oxygen atoms in total. The Morgan fingerprint density at radius 2 is 2.12 bits per heavy atom. The fraction of sp³-hybridized carbons (Fsp3) is 0.667. The Hall–Kier alpha value is -0.840. The molecule has 0 aromatic carbocycles. The molecule has 5 heteroatoms. The van der Waals surface area contributed by atoms with Gasteiger partial charge in [0.2, 0.25) is 0 Å². The van der Waals surface area contributed by atoms with Crippen molar-refractivity contribution >= 4 is 27.6 Å². The van der Waals surface area contributed by atoms with E-state index in [0.29, 0.717) is 11.9 Å². The lowest BCUT2D eigenvalue weighted by atomic mass is 10.2. The molecule has 0 saturated carbocycles. The number of hydrogen-bond acceptors (Lipinski definition) is 4. The van der Waals surface area contributed by atoms with E-state index in [1.807, 2.05) is 0 Å². The minimum absolute atomic E-state index is 0.451. The molecule has 0 saturated heterocycles. The van der Waals surface area contributed by atoms with Gasteiger partial charge in [-0.2, -0.15) is 0 Å².